The lowest BCUT2D eigenvalue weighted by atomic mass is 9.94. The molecule has 0 spiro atoms. The summed E-state index contributed by atoms with van der Waals surface area (Å²) in [7, 11) is 2.02. The van der Waals surface area contributed by atoms with E-state index >= 15 is 4.39 Å². The van der Waals surface area contributed by atoms with E-state index < -0.39 is 0 Å². The molecule has 0 amide bonds. The number of rotatable bonds is 2. The number of fused-ring (bicyclic) bond motifs is 6. The molecule has 0 saturated carbocycles. The van der Waals surface area contributed by atoms with E-state index in [1.54, 1.807) is 12.3 Å². The van der Waals surface area contributed by atoms with Crippen LogP contribution in [0.15, 0.2) is 102 Å². The maximum absolute atomic E-state index is 15.7. The Bertz CT molecular complexity index is 1990. The van der Waals surface area contributed by atoms with Gasteiger partial charge in [-0.1, -0.05) is 42.5 Å². The Morgan fingerprint density at radius 2 is 1.50 bits per heavy atom. The van der Waals surface area contributed by atoms with Crippen molar-refractivity contribution in [2.45, 2.75) is 6.92 Å². The lowest BCUT2D eigenvalue weighted by Crippen LogP contribution is -2.30. The van der Waals surface area contributed by atoms with Gasteiger partial charge in [0.25, 0.3) is 0 Å². The summed E-state index contributed by atoms with van der Waals surface area (Å²) < 4.78 is 24.4. The molecule has 7 rings (SSSR count). The van der Waals surface area contributed by atoms with Gasteiger partial charge in [0.2, 0.25) is 5.69 Å². The molecule has 0 unspecified atom stereocenters. The van der Waals surface area contributed by atoms with Crippen molar-refractivity contribution < 1.29 is 13.4 Å². The number of aromatic nitrogens is 2. The molecular formula is C32H22FN2O+. The lowest BCUT2D eigenvalue weighted by molar-refractivity contribution is -0.660. The number of pyridine rings is 2. The van der Waals surface area contributed by atoms with E-state index in [1.165, 1.54) is 0 Å². The van der Waals surface area contributed by atoms with Crippen molar-refractivity contribution in [3.8, 4) is 22.4 Å². The molecule has 0 aliphatic heterocycles. The molecule has 0 aliphatic rings. The quantitative estimate of drug-likeness (QED) is 0.190. The predicted octanol–water partition coefficient (Wildman–Crippen LogP) is 7.89. The molecule has 3 nitrogen and oxygen atoms in total. The van der Waals surface area contributed by atoms with Crippen LogP contribution in [0.3, 0.4) is 0 Å². The molecule has 3 aromatic heterocycles. The molecule has 36 heavy (non-hydrogen) atoms. The van der Waals surface area contributed by atoms with Crippen molar-refractivity contribution in [2.24, 2.45) is 7.05 Å². The SMILES string of the molecule is Cc1ccc2c(oc3c(-c4cc5ccccc5c5cccnc45)c(F)ccc32)c1-c1cccc[n+]1C. The summed E-state index contributed by atoms with van der Waals surface area (Å²) in [5.41, 5.74) is 6.39. The van der Waals surface area contributed by atoms with E-state index in [-0.39, 0.29) is 5.82 Å². The van der Waals surface area contributed by atoms with Crippen LogP contribution in [-0.4, -0.2) is 4.98 Å². The van der Waals surface area contributed by atoms with Crippen LogP contribution in [0.2, 0.25) is 0 Å². The fraction of sp³-hybridized carbons (Fsp3) is 0.0625. The number of hydrogen-bond acceptors (Lipinski definition) is 2. The molecular weight excluding hydrogens is 447 g/mol. The van der Waals surface area contributed by atoms with Gasteiger partial charge in [0.05, 0.1) is 16.6 Å². The van der Waals surface area contributed by atoms with E-state index in [2.05, 4.69) is 46.8 Å². The third-order valence-electron chi connectivity index (χ3n) is 7.16. The second kappa shape index (κ2) is 7.72. The Kier molecular flexibility index (Phi) is 4.45. The molecule has 0 radical (unpaired) electrons. The first-order chi connectivity index (χ1) is 17.6. The van der Waals surface area contributed by atoms with Crippen molar-refractivity contribution in [3.63, 3.8) is 0 Å². The lowest BCUT2D eigenvalue weighted by Gasteiger charge is -2.11. The van der Waals surface area contributed by atoms with Crippen LogP contribution in [0.1, 0.15) is 5.56 Å². The Labute approximate surface area is 207 Å². The van der Waals surface area contributed by atoms with Gasteiger partial charge in [-0.2, -0.15) is 0 Å². The number of hydrogen-bond donors (Lipinski definition) is 0. The van der Waals surface area contributed by atoms with Crippen LogP contribution < -0.4 is 4.57 Å². The highest BCUT2D eigenvalue weighted by Gasteiger charge is 2.24. The van der Waals surface area contributed by atoms with Gasteiger partial charge < -0.3 is 4.42 Å². The highest BCUT2D eigenvalue weighted by atomic mass is 19.1. The van der Waals surface area contributed by atoms with E-state index in [0.29, 0.717) is 11.1 Å². The summed E-state index contributed by atoms with van der Waals surface area (Å²) >= 11 is 0. The van der Waals surface area contributed by atoms with Gasteiger partial charge in [-0.05, 0) is 53.6 Å². The molecule has 0 N–H and O–H groups in total. The predicted molar refractivity (Wildman–Crippen MR) is 143 cm³/mol. The smallest absolute Gasteiger partial charge is 0.216 e. The van der Waals surface area contributed by atoms with Crippen molar-refractivity contribution >= 4 is 43.6 Å². The van der Waals surface area contributed by atoms with Gasteiger partial charge in [0.1, 0.15) is 24.0 Å². The van der Waals surface area contributed by atoms with Crippen LogP contribution in [0.4, 0.5) is 4.39 Å². The molecule has 0 saturated heterocycles. The average molecular weight is 470 g/mol. The Morgan fingerprint density at radius 3 is 2.36 bits per heavy atom. The monoisotopic (exact) mass is 469 g/mol. The topological polar surface area (TPSA) is 29.9 Å². The average Bonchev–Trinajstić information content (AvgIpc) is 3.27. The van der Waals surface area contributed by atoms with Gasteiger partial charge in [-0.15, -0.1) is 0 Å². The van der Waals surface area contributed by atoms with E-state index in [0.717, 1.165) is 60.4 Å². The van der Waals surface area contributed by atoms with E-state index in [1.807, 2.05) is 61.8 Å². The molecule has 7 aromatic rings. The van der Waals surface area contributed by atoms with E-state index in [4.69, 9.17) is 4.42 Å². The second-order valence-corrected chi connectivity index (χ2v) is 9.28. The number of aryl methyl sites for hydroxylation is 2. The molecule has 0 atom stereocenters. The summed E-state index contributed by atoms with van der Waals surface area (Å²) in [6.45, 7) is 2.08. The number of nitrogens with zero attached hydrogens (tertiary/aromatic N) is 2. The summed E-state index contributed by atoms with van der Waals surface area (Å²) in [5.74, 6) is -0.327. The zero-order valence-corrected chi connectivity index (χ0v) is 19.9. The molecule has 0 bridgehead atoms. The van der Waals surface area contributed by atoms with Crippen LogP contribution in [0.5, 0.6) is 0 Å². The summed E-state index contributed by atoms with van der Waals surface area (Å²) in [4.78, 5) is 4.69. The second-order valence-electron chi connectivity index (χ2n) is 9.28. The minimum atomic E-state index is -0.327. The normalized spacial score (nSPS) is 11.8. The van der Waals surface area contributed by atoms with Crippen molar-refractivity contribution in [1.82, 2.24) is 4.98 Å². The van der Waals surface area contributed by atoms with Crippen LogP contribution in [0.25, 0.3) is 66.0 Å². The maximum atomic E-state index is 15.7. The van der Waals surface area contributed by atoms with Gasteiger partial charge in [-0.3, -0.25) is 4.98 Å². The van der Waals surface area contributed by atoms with E-state index in [9.17, 15) is 0 Å². The summed E-state index contributed by atoms with van der Waals surface area (Å²) in [6.07, 6.45) is 3.78. The Morgan fingerprint density at radius 1 is 0.750 bits per heavy atom. The highest BCUT2D eigenvalue weighted by Crippen LogP contribution is 2.43. The van der Waals surface area contributed by atoms with Gasteiger partial charge in [-0.25, -0.2) is 8.96 Å². The van der Waals surface area contributed by atoms with Crippen LogP contribution >= 0.6 is 0 Å². The fourth-order valence-corrected chi connectivity index (χ4v) is 5.45. The first kappa shape index (κ1) is 20.8. The maximum Gasteiger partial charge on any atom is 0.216 e. The zero-order valence-electron chi connectivity index (χ0n) is 19.9. The third kappa shape index (κ3) is 2.91. The molecule has 3 heterocycles. The first-order valence-corrected chi connectivity index (χ1v) is 12.0. The number of benzene rings is 4. The van der Waals surface area contributed by atoms with Crippen LogP contribution in [-0.2, 0) is 7.05 Å². The first-order valence-electron chi connectivity index (χ1n) is 12.0. The Balaban J connectivity index is 1.63. The summed E-state index contributed by atoms with van der Waals surface area (Å²) in [5, 5.41) is 4.97. The number of halogens is 1. The molecule has 0 aliphatic carbocycles. The standard InChI is InChI=1S/C32H22FN2O/c1-19-12-13-23-24-14-15-26(33)29(32(24)36-31(23)28(19)27-11-5-6-17-35(27)2)25-18-20-8-3-4-9-21(20)22-10-7-16-34-30(22)25/h3-18H,1-2H3/q+1. The number of furan rings is 1. The van der Waals surface area contributed by atoms with Crippen molar-refractivity contribution in [3.05, 3.63) is 109 Å². The largest absolute Gasteiger partial charge is 0.454 e. The molecule has 4 aromatic carbocycles. The van der Waals surface area contributed by atoms with Crippen LogP contribution in [0, 0.1) is 12.7 Å². The molecule has 172 valence electrons. The van der Waals surface area contributed by atoms with Gasteiger partial charge in [0, 0.05) is 40.1 Å². The van der Waals surface area contributed by atoms with Crippen molar-refractivity contribution in [2.75, 3.05) is 0 Å². The minimum absolute atomic E-state index is 0.327. The molecule has 4 heteroatoms. The third-order valence-corrected chi connectivity index (χ3v) is 7.16. The van der Waals surface area contributed by atoms with Gasteiger partial charge >= 0.3 is 0 Å². The fourth-order valence-electron chi connectivity index (χ4n) is 5.45. The van der Waals surface area contributed by atoms with Gasteiger partial charge in [0.15, 0.2) is 6.20 Å². The van der Waals surface area contributed by atoms with Crippen molar-refractivity contribution in [1.29, 1.82) is 0 Å². The highest BCUT2D eigenvalue weighted by molar-refractivity contribution is 6.18. The zero-order chi connectivity index (χ0) is 24.4. The Hall–Kier alpha value is -4.57. The minimum Gasteiger partial charge on any atom is -0.454 e. The molecule has 0 fully saturated rings. The summed E-state index contributed by atoms with van der Waals surface area (Å²) in [6, 6.07) is 27.8.